The van der Waals surface area contributed by atoms with Crippen molar-refractivity contribution in [2.24, 2.45) is 0 Å². The molecule has 7 nitrogen and oxygen atoms in total. The molecule has 0 saturated heterocycles. The second kappa shape index (κ2) is 7.32. The first-order valence-corrected chi connectivity index (χ1v) is 8.49. The molecule has 0 radical (unpaired) electrons. The highest BCUT2D eigenvalue weighted by atomic mass is 16.6. The third-order valence-electron chi connectivity index (χ3n) is 4.14. The Hall–Kier alpha value is -4.00. The number of nitro benzene ring substituents is 1. The molecule has 1 aromatic heterocycles. The second-order valence-electron chi connectivity index (χ2n) is 6.05. The Balaban J connectivity index is 1.53. The fraction of sp³-hybridized carbons (Fsp3) is 0.0476. The van der Waals surface area contributed by atoms with Gasteiger partial charge < -0.3 is 9.15 Å². The molecular formula is C21H14N2O5. The summed E-state index contributed by atoms with van der Waals surface area (Å²) in [6, 6.07) is 20.4. The summed E-state index contributed by atoms with van der Waals surface area (Å²) in [5.74, 6) is 0.155. The minimum Gasteiger partial charge on any atom is -0.436 e. The number of nitrogens with zero attached hydrogens (tertiary/aromatic N) is 2. The molecule has 7 heteroatoms. The highest BCUT2D eigenvalue weighted by Gasteiger charge is 2.17. The molecule has 0 spiro atoms. The van der Waals surface area contributed by atoms with Crippen LogP contribution in [-0.2, 0) is 11.2 Å². The maximum absolute atomic E-state index is 12.2. The average molecular weight is 374 g/mol. The number of benzene rings is 3. The van der Waals surface area contributed by atoms with Crippen molar-refractivity contribution in [1.82, 2.24) is 4.98 Å². The summed E-state index contributed by atoms with van der Waals surface area (Å²) in [4.78, 5) is 27.2. The number of oxazole rings is 1. The first-order valence-electron chi connectivity index (χ1n) is 8.49. The molecule has 0 aliphatic carbocycles. The van der Waals surface area contributed by atoms with Gasteiger partial charge in [-0.3, -0.25) is 14.9 Å². The maximum Gasteiger partial charge on any atom is 0.315 e. The first-order chi connectivity index (χ1) is 13.6. The summed E-state index contributed by atoms with van der Waals surface area (Å²) in [6.45, 7) is 0. The van der Waals surface area contributed by atoms with E-state index in [0.717, 1.165) is 5.56 Å². The number of carbonyl (C=O) groups is 1. The van der Waals surface area contributed by atoms with Crippen LogP contribution < -0.4 is 4.74 Å². The van der Waals surface area contributed by atoms with E-state index in [1.54, 1.807) is 30.3 Å². The number of hydrogen-bond donors (Lipinski definition) is 0. The lowest BCUT2D eigenvalue weighted by molar-refractivity contribution is -0.385. The number of ether oxygens (including phenoxy) is 1. The average Bonchev–Trinajstić information content (AvgIpc) is 3.12. The van der Waals surface area contributed by atoms with Crippen molar-refractivity contribution in [3.05, 3.63) is 88.5 Å². The molecule has 138 valence electrons. The molecule has 1 heterocycles. The van der Waals surface area contributed by atoms with Crippen LogP contribution in [0, 0.1) is 10.1 Å². The Bertz CT molecular complexity index is 1170. The first kappa shape index (κ1) is 17.4. The lowest BCUT2D eigenvalue weighted by Gasteiger charge is -2.04. The number of hydrogen-bond acceptors (Lipinski definition) is 6. The lowest BCUT2D eigenvalue weighted by Crippen LogP contribution is -2.12. The van der Waals surface area contributed by atoms with E-state index in [0.29, 0.717) is 22.6 Å². The van der Waals surface area contributed by atoms with Crippen LogP contribution in [0.5, 0.6) is 5.75 Å². The minimum atomic E-state index is -0.601. The molecule has 0 atom stereocenters. The summed E-state index contributed by atoms with van der Waals surface area (Å²) >= 11 is 0. The Morgan fingerprint density at radius 1 is 1.04 bits per heavy atom. The second-order valence-corrected chi connectivity index (χ2v) is 6.05. The number of aromatic nitrogens is 1. The largest absolute Gasteiger partial charge is 0.436 e. The van der Waals surface area contributed by atoms with E-state index in [9.17, 15) is 14.9 Å². The molecule has 0 N–H and O–H groups in total. The molecule has 3 aromatic carbocycles. The molecule has 0 unspecified atom stereocenters. The summed E-state index contributed by atoms with van der Waals surface area (Å²) < 4.78 is 11.1. The molecule has 0 saturated carbocycles. The van der Waals surface area contributed by atoms with Gasteiger partial charge in [-0.2, -0.15) is 0 Å². The van der Waals surface area contributed by atoms with Crippen LogP contribution in [0.15, 0.2) is 77.2 Å². The lowest BCUT2D eigenvalue weighted by atomic mass is 10.1. The Morgan fingerprint density at radius 2 is 1.79 bits per heavy atom. The van der Waals surface area contributed by atoms with Gasteiger partial charge >= 0.3 is 5.97 Å². The maximum atomic E-state index is 12.2. The number of carbonyl (C=O) groups excluding carboxylic acids is 1. The minimum absolute atomic E-state index is 0.113. The van der Waals surface area contributed by atoms with Gasteiger partial charge in [0.25, 0.3) is 5.69 Å². The van der Waals surface area contributed by atoms with Gasteiger partial charge in [-0.25, -0.2) is 4.98 Å². The third-order valence-corrected chi connectivity index (χ3v) is 4.14. The molecule has 4 aromatic rings. The Morgan fingerprint density at radius 3 is 2.57 bits per heavy atom. The van der Waals surface area contributed by atoms with Gasteiger partial charge in [0.15, 0.2) is 5.58 Å². The van der Waals surface area contributed by atoms with Gasteiger partial charge in [-0.05, 0) is 24.3 Å². The van der Waals surface area contributed by atoms with Gasteiger partial charge in [0, 0.05) is 23.3 Å². The molecule has 28 heavy (non-hydrogen) atoms. The van der Waals surface area contributed by atoms with Crippen molar-refractivity contribution in [3.63, 3.8) is 0 Å². The van der Waals surface area contributed by atoms with Crippen molar-refractivity contribution < 1.29 is 18.9 Å². The van der Waals surface area contributed by atoms with Crippen molar-refractivity contribution in [2.75, 3.05) is 0 Å². The Labute approximate surface area is 159 Å². The van der Waals surface area contributed by atoms with Gasteiger partial charge in [0.05, 0.1) is 11.3 Å². The van der Waals surface area contributed by atoms with E-state index in [1.807, 2.05) is 30.3 Å². The monoisotopic (exact) mass is 374 g/mol. The number of para-hydroxylation sites is 1. The number of fused-ring (bicyclic) bond motifs is 1. The van der Waals surface area contributed by atoms with Crippen LogP contribution in [0.25, 0.3) is 22.6 Å². The highest BCUT2D eigenvalue weighted by molar-refractivity contribution is 5.80. The Kier molecular flexibility index (Phi) is 4.55. The van der Waals surface area contributed by atoms with Crippen LogP contribution in [0.4, 0.5) is 5.69 Å². The fourth-order valence-corrected chi connectivity index (χ4v) is 2.83. The number of esters is 1. The zero-order valence-corrected chi connectivity index (χ0v) is 14.6. The summed E-state index contributed by atoms with van der Waals surface area (Å²) in [7, 11) is 0. The third kappa shape index (κ3) is 3.59. The van der Waals surface area contributed by atoms with E-state index in [-0.39, 0.29) is 17.9 Å². The summed E-state index contributed by atoms with van der Waals surface area (Å²) in [6.07, 6.45) is -0.207. The molecule has 0 bridgehead atoms. The van der Waals surface area contributed by atoms with E-state index < -0.39 is 10.9 Å². The molecule has 0 amide bonds. The van der Waals surface area contributed by atoms with E-state index in [2.05, 4.69) is 4.98 Å². The van der Waals surface area contributed by atoms with Crippen LogP contribution in [0.1, 0.15) is 5.56 Å². The standard InChI is InChI=1S/C21H14N2O5/c24-20(12-15-8-4-5-9-18(15)23(25)26)27-16-10-11-17-19(13-16)28-21(22-17)14-6-2-1-3-7-14/h1-11,13H,12H2. The van der Waals surface area contributed by atoms with Crippen molar-refractivity contribution in [3.8, 4) is 17.2 Å². The molecule has 0 fully saturated rings. The zero-order valence-electron chi connectivity index (χ0n) is 14.6. The predicted octanol–water partition coefficient (Wildman–Crippen LogP) is 4.55. The van der Waals surface area contributed by atoms with Crippen molar-refractivity contribution in [1.29, 1.82) is 0 Å². The van der Waals surface area contributed by atoms with E-state index in [1.165, 1.54) is 12.1 Å². The quantitative estimate of drug-likeness (QED) is 0.220. The molecule has 0 aliphatic rings. The SMILES string of the molecule is O=C(Cc1ccccc1[N+](=O)[O-])Oc1ccc2nc(-c3ccccc3)oc2c1. The van der Waals surface area contributed by atoms with Crippen LogP contribution in [0.2, 0.25) is 0 Å². The van der Waals surface area contributed by atoms with Gasteiger partial charge in [0.2, 0.25) is 5.89 Å². The van der Waals surface area contributed by atoms with Crippen LogP contribution >= 0.6 is 0 Å². The summed E-state index contributed by atoms with van der Waals surface area (Å²) in [5, 5.41) is 11.1. The van der Waals surface area contributed by atoms with Crippen LogP contribution in [0.3, 0.4) is 0 Å². The van der Waals surface area contributed by atoms with Crippen molar-refractivity contribution in [2.45, 2.75) is 6.42 Å². The number of rotatable bonds is 5. The fourth-order valence-electron chi connectivity index (χ4n) is 2.83. The molecule has 4 rings (SSSR count). The van der Waals surface area contributed by atoms with Crippen LogP contribution in [-0.4, -0.2) is 15.9 Å². The topological polar surface area (TPSA) is 95.5 Å². The van der Waals surface area contributed by atoms with Gasteiger partial charge in [-0.15, -0.1) is 0 Å². The number of nitro groups is 1. The van der Waals surface area contributed by atoms with E-state index in [4.69, 9.17) is 9.15 Å². The zero-order chi connectivity index (χ0) is 19.5. The van der Waals surface area contributed by atoms with E-state index >= 15 is 0 Å². The van der Waals surface area contributed by atoms with Gasteiger partial charge in [0.1, 0.15) is 11.3 Å². The molecule has 0 aliphatic heterocycles. The summed E-state index contributed by atoms with van der Waals surface area (Å²) in [5.41, 5.74) is 2.14. The predicted molar refractivity (Wildman–Crippen MR) is 102 cm³/mol. The smallest absolute Gasteiger partial charge is 0.315 e. The normalized spacial score (nSPS) is 10.7. The van der Waals surface area contributed by atoms with Gasteiger partial charge in [-0.1, -0.05) is 36.4 Å². The highest BCUT2D eigenvalue weighted by Crippen LogP contribution is 2.27. The molecular weight excluding hydrogens is 360 g/mol. The van der Waals surface area contributed by atoms with Crippen molar-refractivity contribution >= 4 is 22.8 Å².